The summed E-state index contributed by atoms with van der Waals surface area (Å²) in [6, 6.07) is 10.8. The largest absolute Gasteiger partial charge is 0.478 e. The highest BCUT2D eigenvalue weighted by Crippen LogP contribution is 2.41. The molecule has 8 nitrogen and oxygen atoms in total. The Bertz CT molecular complexity index is 1640. The monoisotopic (exact) mass is 543 g/mol. The molecule has 2 aromatic carbocycles. The fraction of sp³-hybridized carbons (Fsp3) is 0.258. The lowest BCUT2D eigenvalue weighted by atomic mass is 9.83. The molecule has 3 aromatic rings. The first-order valence-electron chi connectivity index (χ1n) is 12.8. The van der Waals surface area contributed by atoms with E-state index in [4.69, 9.17) is 4.42 Å². The van der Waals surface area contributed by atoms with Gasteiger partial charge >= 0.3 is 5.97 Å². The number of anilines is 2. The standard InChI is InChI=1S/C31H30FN3O5/c1-15-7-11-22(18(13-15)30(38)39)35-14-19-20(32)9-10-21(24(19)29(35)37)33-26-25(17(3)27(26)36)34-28(31(4,5)6)23-12-8-16(2)40-23/h7-13,28,33-34H,3,14H2,1-2,4-6H3,(H,38,39)/t28-/m0/s1. The van der Waals surface area contributed by atoms with E-state index in [1.54, 1.807) is 19.1 Å². The molecule has 1 amide bonds. The van der Waals surface area contributed by atoms with Crippen molar-refractivity contribution in [2.45, 2.75) is 47.2 Å². The quantitative estimate of drug-likeness (QED) is 0.312. The maximum absolute atomic E-state index is 15.0. The van der Waals surface area contributed by atoms with Gasteiger partial charge in [-0.2, -0.15) is 0 Å². The summed E-state index contributed by atoms with van der Waals surface area (Å²) in [6.45, 7) is 13.5. The third-order valence-electron chi connectivity index (χ3n) is 7.22. The smallest absolute Gasteiger partial charge is 0.337 e. The van der Waals surface area contributed by atoms with Gasteiger partial charge in [0, 0.05) is 11.1 Å². The number of amides is 1. The third-order valence-corrected chi connectivity index (χ3v) is 7.22. The maximum atomic E-state index is 15.0. The van der Waals surface area contributed by atoms with E-state index in [1.165, 1.54) is 23.1 Å². The molecule has 0 saturated carbocycles. The first kappa shape index (κ1) is 26.9. The second-order valence-electron chi connectivity index (χ2n) is 11.2. The molecule has 0 radical (unpaired) electrons. The number of allylic oxidation sites excluding steroid dienone is 2. The number of rotatable bonds is 7. The van der Waals surface area contributed by atoms with E-state index >= 15 is 0 Å². The van der Waals surface area contributed by atoms with Crippen LogP contribution >= 0.6 is 0 Å². The van der Waals surface area contributed by atoms with Gasteiger partial charge in [0.15, 0.2) is 0 Å². The molecule has 9 heteroatoms. The number of hydrogen-bond donors (Lipinski definition) is 3. The van der Waals surface area contributed by atoms with Crippen LogP contribution in [0.3, 0.4) is 0 Å². The lowest BCUT2D eigenvalue weighted by Crippen LogP contribution is -2.40. The maximum Gasteiger partial charge on any atom is 0.337 e. The Morgan fingerprint density at radius 2 is 1.82 bits per heavy atom. The molecular formula is C31H30FN3O5. The van der Waals surface area contributed by atoms with Crippen LogP contribution in [0.1, 0.15) is 70.2 Å². The summed E-state index contributed by atoms with van der Waals surface area (Å²) in [5.74, 6) is -1.24. The highest BCUT2D eigenvalue weighted by atomic mass is 19.1. The number of furan rings is 1. The van der Waals surface area contributed by atoms with Gasteiger partial charge in [0.05, 0.1) is 40.8 Å². The number of carbonyl (C=O) groups excluding carboxylic acids is 2. The van der Waals surface area contributed by atoms with Crippen molar-refractivity contribution in [2.75, 3.05) is 10.2 Å². The molecule has 1 aliphatic carbocycles. The van der Waals surface area contributed by atoms with Gasteiger partial charge in [-0.25, -0.2) is 9.18 Å². The van der Waals surface area contributed by atoms with Crippen molar-refractivity contribution in [2.24, 2.45) is 5.41 Å². The molecule has 0 bridgehead atoms. The number of aromatic carboxylic acids is 1. The highest BCUT2D eigenvalue weighted by molar-refractivity contribution is 6.22. The van der Waals surface area contributed by atoms with Crippen LogP contribution in [0.15, 0.2) is 70.4 Å². The Morgan fingerprint density at radius 1 is 1.10 bits per heavy atom. The van der Waals surface area contributed by atoms with Crippen LogP contribution in [0, 0.1) is 25.1 Å². The molecule has 5 rings (SSSR count). The molecule has 0 saturated heterocycles. The van der Waals surface area contributed by atoms with Crippen LogP contribution in [0.2, 0.25) is 0 Å². The molecule has 1 atom stereocenters. The van der Waals surface area contributed by atoms with E-state index in [-0.39, 0.29) is 63.1 Å². The Balaban J connectivity index is 1.52. The van der Waals surface area contributed by atoms with Gasteiger partial charge in [0.2, 0.25) is 5.78 Å². The molecule has 3 N–H and O–H groups in total. The number of aryl methyl sites for hydroxylation is 2. The highest BCUT2D eigenvalue weighted by Gasteiger charge is 2.40. The van der Waals surface area contributed by atoms with Gasteiger partial charge < -0.3 is 25.1 Å². The number of benzene rings is 2. The van der Waals surface area contributed by atoms with Crippen LogP contribution in [-0.2, 0) is 11.3 Å². The Morgan fingerprint density at radius 3 is 2.45 bits per heavy atom. The molecule has 0 fully saturated rings. The van der Waals surface area contributed by atoms with Crippen molar-refractivity contribution in [1.29, 1.82) is 0 Å². The number of carboxylic acids is 1. The van der Waals surface area contributed by atoms with Crippen molar-refractivity contribution in [3.63, 3.8) is 0 Å². The lowest BCUT2D eigenvalue weighted by molar-refractivity contribution is -0.113. The van der Waals surface area contributed by atoms with E-state index in [0.717, 1.165) is 5.76 Å². The number of ketones is 1. The van der Waals surface area contributed by atoms with E-state index in [1.807, 2.05) is 39.8 Å². The first-order chi connectivity index (χ1) is 18.8. The minimum absolute atomic E-state index is 0.0445. The summed E-state index contributed by atoms with van der Waals surface area (Å²) < 4.78 is 20.8. The molecule has 1 aromatic heterocycles. The number of nitrogens with zero attached hydrogens (tertiary/aromatic N) is 1. The molecular weight excluding hydrogens is 513 g/mol. The Labute approximate surface area is 231 Å². The normalized spacial score (nSPS) is 15.8. The van der Waals surface area contributed by atoms with Crippen molar-refractivity contribution >= 4 is 29.0 Å². The molecule has 0 spiro atoms. The van der Waals surface area contributed by atoms with E-state index in [9.17, 15) is 23.9 Å². The third kappa shape index (κ3) is 4.47. The van der Waals surface area contributed by atoms with E-state index in [0.29, 0.717) is 17.0 Å². The van der Waals surface area contributed by atoms with Crippen LogP contribution in [0.25, 0.3) is 0 Å². The molecule has 2 aliphatic rings. The summed E-state index contributed by atoms with van der Waals surface area (Å²) in [4.78, 5) is 39.7. The van der Waals surface area contributed by atoms with Crippen molar-refractivity contribution < 1.29 is 28.3 Å². The Kier molecular flexibility index (Phi) is 6.40. The minimum Gasteiger partial charge on any atom is -0.478 e. The van der Waals surface area contributed by atoms with E-state index < -0.39 is 17.7 Å². The van der Waals surface area contributed by atoms with Crippen LogP contribution < -0.4 is 15.5 Å². The zero-order chi connectivity index (χ0) is 29.1. The van der Waals surface area contributed by atoms with Crippen molar-refractivity contribution in [1.82, 2.24) is 5.32 Å². The average molecular weight is 544 g/mol. The molecule has 40 heavy (non-hydrogen) atoms. The number of carbonyl (C=O) groups is 3. The predicted molar refractivity (Wildman–Crippen MR) is 149 cm³/mol. The lowest BCUT2D eigenvalue weighted by Gasteiger charge is -2.36. The predicted octanol–water partition coefficient (Wildman–Crippen LogP) is 6.03. The summed E-state index contributed by atoms with van der Waals surface area (Å²) >= 11 is 0. The number of halogens is 1. The van der Waals surface area contributed by atoms with Gasteiger partial charge in [0.25, 0.3) is 5.91 Å². The fourth-order valence-electron chi connectivity index (χ4n) is 5.09. The molecule has 2 heterocycles. The number of Topliss-reactive ketones (excluding diaryl/α,β-unsaturated/α-hetero) is 1. The molecule has 0 unspecified atom stereocenters. The summed E-state index contributed by atoms with van der Waals surface area (Å²) in [7, 11) is 0. The molecule has 1 aliphatic heterocycles. The van der Waals surface area contributed by atoms with E-state index in [2.05, 4.69) is 17.2 Å². The first-order valence-corrected chi connectivity index (χ1v) is 12.8. The van der Waals surface area contributed by atoms with Crippen LogP contribution in [0.5, 0.6) is 0 Å². The number of nitrogens with one attached hydrogen (secondary N) is 2. The summed E-state index contributed by atoms with van der Waals surface area (Å²) in [5, 5.41) is 16.2. The Hall–Kier alpha value is -4.66. The topological polar surface area (TPSA) is 112 Å². The van der Waals surface area contributed by atoms with Crippen LogP contribution in [-0.4, -0.2) is 22.8 Å². The average Bonchev–Trinajstić information content (AvgIpc) is 3.47. The zero-order valence-corrected chi connectivity index (χ0v) is 22.9. The van der Waals surface area contributed by atoms with Crippen molar-refractivity contribution in [3.05, 3.63) is 106 Å². The van der Waals surface area contributed by atoms with Crippen LogP contribution in [0.4, 0.5) is 15.8 Å². The number of fused-ring (bicyclic) bond motifs is 1. The van der Waals surface area contributed by atoms with Gasteiger partial charge in [-0.1, -0.05) is 39.0 Å². The summed E-state index contributed by atoms with van der Waals surface area (Å²) in [5.41, 5.74) is 1.88. The van der Waals surface area contributed by atoms with Gasteiger partial charge in [-0.05, 0) is 55.7 Å². The second-order valence-corrected chi connectivity index (χ2v) is 11.2. The molecule has 206 valence electrons. The number of carboxylic acid groups (broad SMARTS) is 1. The van der Waals surface area contributed by atoms with Gasteiger partial charge in [0.1, 0.15) is 23.0 Å². The zero-order valence-electron chi connectivity index (χ0n) is 22.9. The summed E-state index contributed by atoms with van der Waals surface area (Å²) in [6.07, 6.45) is 0. The van der Waals surface area contributed by atoms with Crippen molar-refractivity contribution in [3.8, 4) is 0 Å². The minimum atomic E-state index is -1.19. The van der Waals surface area contributed by atoms with Gasteiger partial charge in [-0.15, -0.1) is 0 Å². The fourth-order valence-corrected chi connectivity index (χ4v) is 5.09. The number of hydrogen-bond acceptors (Lipinski definition) is 6. The SMILES string of the molecule is C=C1C(=O)C(Nc2ccc(F)c3c2C(=O)N(c2ccc(C)cc2C(=O)O)C3)=C1N[C@@H](c1ccc(C)o1)C(C)(C)C. The second kappa shape index (κ2) is 9.51. The van der Waals surface area contributed by atoms with Gasteiger partial charge in [-0.3, -0.25) is 9.59 Å².